The van der Waals surface area contributed by atoms with Gasteiger partial charge in [0.15, 0.2) is 0 Å². The Labute approximate surface area is 72.8 Å². The summed E-state index contributed by atoms with van der Waals surface area (Å²) in [7, 11) is 1.94. The van der Waals surface area contributed by atoms with Crippen molar-refractivity contribution in [2.24, 2.45) is 18.7 Å². The van der Waals surface area contributed by atoms with E-state index in [2.05, 4.69) is 24.0 Å². The maximum absolute atomic E-state index is 5.93. The largest absolute Gasteiger partial charge is 0.321 e. The first-order valence-electron chi connectivity index (χ1n) is 4.15. The molecule has 0 saturated carbocycles. The minimum atomic E-state index is -0.0174. The molecule has 68 valence electrons. The molecule has 1 atom stereocenters. The van der Waals surface area contributed by atoms with E-state index in [9.17, 15) is 0 Å². The Bertz CT molecular complexity index is 264. The first-order valence-corrected chi connectivity index (χ1v) is 4.15. The average molecular weight is 168 g/mol. The molecule has 4 nitrogen and oxygen atoms in total. The molecule has 1 unspecified atom stereocenters. The Kier molecular flexibility index (Phi) is 2.47. The van der Waals surface area contributed by atoms with Crippen molar-refractivity contribution in [3.63, 3.8) is 0 Å². The molecule has 1 rings (SSSR count). The molecule has 0 spiro atoms. The van der Waals surface area contributed by atoms with E-state index in [-0.39, 0.29) is 6.04 Å². The maximum atomic E-state index is 5.93. The summed E-state index contributed by atoms with van der Waals surface area (Å²) in [6.45, 7) is 6.08. The van der Waals surface area contributed by atoms with Crippen LogP contribution in [0.15, 0.2) is 0 Å². The lowest BCUT2D eigenvalue weighted by Gasteiger charge is -2.14. The standard InChI is InChI=1S/C8H16N4/c1-5(2)7(9)8-11-10-6(3)12(8)4/h5,7H,9H2,1-4H3. The summed E-state index contributed by atoms with van der Waals surface area (Å²) in [4.78, 5) is 0. The zero-order valence-electron chi connectivity index (χ0n) is 8.07. The molecule has 1 heterocycles. The van der Waals surface area contributed by atoms with Crippen LogP contribution in [0, 0.1) is 12.8 Å². The van der Waals surface area contributed by atoms with Gasteiger partial charge in [-0.15, -0.1) is 10.2 Å². The highest BCUT2D eigenvalue weighted by Gasteiger charge is 2.16. The number of nitrogens with zero attached hydrogens (tertiary/aromatic N) is 3. The van der Waals surface area contributed by atoms with Gasteiger partial charge in [-0.3, -0.25) is 0 Å². The molecule has 2 N–H and O–H groups in total. The van der Waals surface area contributed by atoms with E-state index in [4.69, 9.17) is 5.73 Å². The Balaban J connectivity index is 2.95. The molecule has 0 aliphatic carbocycles. The smallest absolute Gasteiger partial charge is 0.149 e. The Morgan fingerprint density at radius 3 is 2.25 bits per heavy atom. The third-order valence-electron chi connectivity index (χ3n) is 2.14. The monoisotopic (exact) mass is 168 g/mol. The molecule has 0 aliphatic heterocycles. The highest BCUT2D eigenvalue weighted by molar-refractivity contribution is 4.98. The molecule has 1 aromatic rings. The quantitative estimate of drug-likeness (QED) is 0.710. The van der Waals surface area contributed by atoms with Gasteiger partial charge in [0.05, 0.1) is 6.04 Å². The molecule has 1 aromatic heterocycles. The predicted octanol–water partition coefficient (Wildman–Crippen LogP) is 0.779. The van der Waals surface area contributed by atoms with Crippen LogP contribution >= 0.6 is 0 Å². The number of aromatic nitrogens is 3. The Morgan fingerprint density at radius 1 is 1.33 bits per heavy atom. The highest BCUT2D eigenvalue weighted by atomic mass is 15.3. The summed E-state index contributed by atoms with van der Waals surface area (Å²) in [6, 6.07) is -0.0174. The predicted molar refractivity (Wildman–Crippen MR) is 47.5 cm³/mol. The normalized spacial score (nSPS) is 13.8. The van der Waals surface area contributed by atoms with Gasteiger partial charge in [0.1, 0.15) is 11.6 Å². The van der Waals surface area contributed by atoms with Crippen LogP contribution < -0.4 is 5.73 Å². The zero-order valence-corrected chi connectivity index (χ0v) is 8.07. The van der Waals surface area contributed by atoms with Crippen LogP contribution in [0.5, 0.6) is 0 Å². The van der Waals surface area contributed by atoms with Crippen LogP contribution in [-0.4, -0.2) is 14.8 Å². The molecule has 0 amide bonds. The summed E-state index contributed by atoms with van der Waals surface area (Å²) in [5, 5.41) is 7.98. The van der Waals surface area contributed by atoms with E-state index >= 15 is 0 Å². The summed E-state index contributed by atoms with van der Waals surface area (Å²) >= 11 is 0. The van der Waals surface area contributed by atoms with Gasteiger partial charge < -0.3 is 10.3 Å². The van der Waals surface area contributed by atoms with E-state index in [1.165, 1.54) is 0 Å². The second-order valence-corrected chi connectivity index (χ2v) is 3.43. The highest BCUT2D eigenvalue weighted by Crippen LogP contribution is 2.16. The fourth-order valence-corrected chi connectivity index (χ4v) is 1.01. The third-order valence-corrected chi connectivity index (χ3v) is 2.14. The lowest BCUT2D eigenvalue weighted by atomic mass is 10.1. The summed E-state index contributed by atoms with van der Waals surface area (Å²) < 4.78 is 1.94. The fourth-order valence-electron chi connectivity index (χ4n) is 1.01. The Hall–Kier alpha value is -0.900. The van der Waals surface area contributed by atoms with Crippen LogP contribution in [0.3, 0.4) is 0 Å². The van der Waals surface area contributed by atoms with E-state index in [0.29, 0.717) is 5.92 Å². The summed E-state index contributed by atoms with van der Waals surface area (Å²) in [5.74, 6) is 2.16. The van der Waals surface area contributed by atoms with E-state index in [0.717, 1.165) is 11.6 Å². The second-order valence-electron chi connectivity index (χ2n) is 3.43. The van der Waals surface area contributed by atoms with Crippen LogP contribution in [-0.2, 0) is 7.05 Å². The number of hydrogen-bond donors (Lipinski definition) is 1. The number of rotatable bonds is 2. The molecule has 0 saturated heterocycles. The average Bonchev–Trinajstić information content (AvgIpc) is 2.32. The SMILES string of the molecule is Cc1nnc(C(N)C(C)C)n1C. The number of aryl methyl sites for hydroxylation is 1. The molecule has 0 fully saturated rings. The van der Waals surface area contributed by atoms with Crippen LogP contribution in [0.2, 0.25) is 0 Å². The van der Waals surface area contributed by atoms with Gasteiger partial charge in [-0.25, -0.2) is 0 Å². The van der Waals surface area contributed by atoms with Crippen molar-refractivity contribution in [1.82, 2.24) is 14.8 Å². The van der Waals surface area contributed by atoms with Crippen molar-refractivity contribution in [2.45, 2.75) is 26.8 Å². The van der Waals surface area contributed by atoms with Gasteiger partial charge in [-0.2, -0.15) is 0 Å². The zero-order chi connectivity index (χ0) is 9.30. The van der Waals surface area contributed by atoms with Gasteiger partial charge in [0.25, 0.3) is 0 Å². The fraction of sp³-hybridized carbons (Fsp3) is 0.750. The topological polar surface area (TPSA) is 56.7 Å². The van der Waals surface area contributed by atoms with E-state index < -0.39 is 0 Å². The number of hydrogen-bond acceptors (Lipinski definition) is 3. The van der Waals surface area contributed by atoms with Crippen molar-refractivity contribution in [2.75, 3.05) is 0 Å². The van der Waals surface area contributed by atoms with Crippen LogP contribution in [0.1, 0.15) is 31.5 Å². The van der Waals surface area contributed by atoms with E-state index in [1.54, 1.807) is 0 Å². The molecular weight excluding hydrogens is 152 g/mol. The minimum Gasteiger partial charge on any atom is -0.321 e. The van der Waals surface area contributed by atoms with E-state index in [1.807, 2.05) is 18.5 Å². The molecular formula is C8H16N4. The minimum absolute atomic E-state index is 0.0174. The van der Waals surface area contributed by atoms with Gasteiger partial charge in [-0.1, -0.05) is 13.8 Å². The van der Waals surface area contributed by atoms with Gasteiger partial charge >= 0.3 is 0 Å². The summed E-state index contributed by atoms with van der Waals surface area (Å²) in [5.41, 5.74) is 5.93. The lowest BCUT2D eigenvalue weighted by molar-refractivity contribution is 0.475. The van der Waals surface area contributed by atoms with Gasteiger partial charge in [-0.05, 0) is 12.8 Å². The first-order chi connectivity index (χ1) is 5.54. The molecule has 0 radical (unpaired) electrons. The number of nitrogens with two attached hydrogens (primary N) is 1. The lowest BCUT2D eigenvalue weighted by Crippen LogP contribution is -2.20. The van der Waals surface area contributed by atoms with Crippen molar-refractivity contribution < 1.29 is 0 Å². The summed E-state index contributed by atoms with van der Waals surface area (Å²) in [6.07, 6.45) is 0. The van der Waals surface area contributed by atoms with Crippen LogP contribution in [0.4, 0.5) is 0 Å². The maximum Gasteiger partial charge on any atom is 0.149 e. The van der Waals surface area contributed by atoms with Crippen molar-refractivity contribution in [1.29, 1.82) is 0 Å². The second kappa shape index (κ2) is 3.23. The van der Waals surface area contributed by atoms with Gasteiger partial charge in [0, 0.05) is 7.05 Å². The van der Waals surface area contributed by atoms with Crippen molar-refractivity contribution >= 4 is 0 Å². The van der Waals surface area contributed by atoms with Crippen LogP contribution in [0.25, 0.3) is 0 Å². The molecule has 4 heteroatoms. The molecule has 0 aromatic carbocycles. The van der Waals surface area contributed by atoms with Crippen molar-refractivity contribution in [3.8, 4) is 0 Å². The molecule has 0 bridgehead atoms. The van der Waals surface area contributed by atoms with Crippen molar-refractivity contribution in [3.05, 3.63) is 11.6 Å². The Morgan fingerprint density at radius 2 is 1.92 bits per heavy atom. The molecule has 12 heavy (non-hydrogen) atoms. The van der Waals surface area contributed by atoms with Gasteiger partial charge in [0.2, 0.25) is 0 Å². The first kappa shape index (κ1) is 9.19. The molecule has 0 aliphatic rings. The third kappa shape index (κ3) is 1.48.